The molecule has 1 nitrogen and oxygen atoms in total. The summed E-state index contributed by atoms with van der Waals surface area (Å²) in [4.78, 5) is 0. The zero-order valence-electron chi connectivity index (χ0n) is 8.07. The molecule has 14 heavy (non-hydrogen) atoms. The van der Waals surface area contributed by atoms with Crippen LogP contribution in [-0.4, -0.2) is 0 Å². The summed E-state index contributed by atoms with van der Waals surface area (Å²) in [7, 11) is 0. The van der Waals surface area contributed by atoms with E-state index in [4.69, 9.17) is 5.73 Å². The van der Waals surface area contributed by atoms with Crippen LogP contribution in [-0.2, 0) is 5.54 Å². The summed E-state index contributed by atoms with van der Waals surface area (Å²) in [5, 5.41) is 0. The second-order valence-electron chi connectivity index (χ2n) is 3.52. The van der Waals surface area contributed by atoms with Gasteiger partial charge in [-0.1, -0.05) is 6.92 Å². The fourth-order valence-electron chi connectivity index (χ4n) is 1.09. The van der Waals surface area contributed by atoms with Crippen LogP contribution in [0, 0.1) is 0 Å². The van der Waals surface area contributed by atoms with Crippen molar-refractivity contribution < 1.29 is 0 Å². The van der Waals surface area contributed by atoms with Gasteiger partial charge in [0, 0.05) is 19.0 Å². The highest BCUT2D eigenvalue weighted by Gasteiger charge is 2.20. The quantitative estimate of drug-likeness (QED) is 0.742. The maximum Gasteiger partial charge on any atom is 0.0459 e. The molecule has 0 spiro atoms. The van der Waals surface area contributed by atoms with Crippen molar-refractivity contribution in [2.24, 2.45) is 5.73 Å². The van der Waals surface area contributed by atoms with Gasteiger partial charge in [-0.3, -0.25) is 0 Å². The highest BCUT2D eigenvalue weighted by molar-refractivity contribution is 9.14. The Balaban J connectivity index is 3.26. The van der Waals surface area contributed by atoms with Gasteiger partial charge in [-0.05, 0) is 78.8 Å². The molecule has 0 bridgehead atoms. The molecule has 0 fully saturated rings. The normalized spacial score (nSPS) is 15.3. The van der Waals surface area contributed by atoms with Gasteiger partial charge in [-0.25, -0.2) is 0 Å². The molecule has 0 saturated carbocycles. The second kappa shape index (κ2) is 4.64. The molecule has 0 aliphatic heterocycles. The van der Waals surface area contributed by atoms with Crippen molar-refractivity contribution in [2.45, 2.75) is 25.8 Å². The summed E-state index contributed by atoms with van der Waals surface area (Å²) >= 11 is 10.4. The Morgan fingerprint density at radius 2 is 1.64 bits per heavy atom. The van der Waals surface area contributed by atoms with Crippen molar-refractivity contribution in [1.82, 2.24) is 0 Å². The number of nitrogens with two attached hydrogens (primary N) is 1. The smallest absolute Gasteiger partial charge is 0.0459 e. The van der Waals surface area contributed by atoms with Crippen molar-refractivity contribution in [3.63, 3.8) is 0 Å². The SMILES string of the molecule is CCC(C)(N)c1cc(Br)c(Br)c(Br)c1. The molecule has 1 aromatic rings. The topological polar surface area (TPSA) is 26.0 Å². The minimum Gasteiger partial charge on any atom is -0.322 e. The van der Waals surface area contributed by atoms with E-state index in [9.17, 15) is 0 Å². The Hall–Kier alpha value is 0.620. The first-order chi connectivity index (χ1) is 6.38. The third-order valence-electron chi connectivity index (χ3n) is 2.38. The minimum absolute atomic E-state index is 0.272. The Morgan fingerprint density at radius 3 is 2.00 bits per heavy atom. The molecule has 0 saturated heterocycles. The molecule has 78 valence electrons. The maximum absolute atomic E-state index is 6.17. The highest BCUT2D eigenvalue weighted by Crippen LogP contribution is 2.35. The number of rotatable bonds is 2. The van der Waals surface area contributed by atoms with Crippen molar-refractivity contribution in [2.75, 3.05) is 0 Å². The van der Waals surface area contributed by atoms with Crippen LogP contribution in [0.2, 0.25) is 0 Å². The molecule has 2 N–H and O–H groups in total. The van der Waals surface area contributed by atoms with Crippen LogP contribution in [0.4, 0.5) is 0 Å². The molecule has 0 radical (unpaired) electrons. The molecule has 1 aromatic carbocycles. The average molecular weight is 386 g/mol. The molecule has 0 amide bonds. The van der Waals surface area contributed by atoms with E-state index in [2.05, 4.69) is 66.8 Å². The zero-order valence-corrected chi connectivity index (χ0v) is 12.8. The lowest BCUT2D eigenvalue weighted by Gasteiger charge is -2.24. The molecule has 1 unspecified atom stereocenters. The van der Waals surface area contributed by atoms with Crippen molar-refractivity contribution >= 4 is 47.8 Å². The van der Waals surface area contributed by atoms with Gasteiger partial charge in [0.05, 0.1) is 0 Å². The van der Waals surface area contributed by atoms with E-state index >= 15 is 0 Å². The summed E-state index contributed by atoms with van der Waals surface area (Å²) in [5.41, 5.74) is 7.02. The predicted octanol–water partition coefficient (Wildman–Crippen LogP) is 4.56. The number of benzene rings is 1. The minimum atomic E-state index is -0.272. The van der Waals surface area contributed by atoms with Crippen LogP contribution in [0.25, 0.3) is 0 Å². The molecule has 0 heterocycles. The lowest BCUT2D eigenvalue weighted by molar-refractivity contribution is 0.476. The molecular weight excluding hydrogens is 374 g/mol. The summed E-state index contributed by atoms with van der Waals surface area (Å²) < 4.78 is 3.06. The lowest BCUT2D eigenvalue weighted by atomic mass is 9.91. The van der Waals surface area contributed by atoms with Gasteiger partial charge >= 0.3 is 0 Å². The van der Waals surface area contributed by atoms with Crippen LogP contribution >= 0.6 is 47.8 Å². The lowest BCUT2D eigenvalue weighted by Crippen LogP contribution is -2.31. The largest absolute Gasteiger partial charge is 0.322 e. The molecule has 0 aromatic heterocycles. The first-order valence-corrected chi connectivity index (χ1v) is 6.70. The zero-order chi connectivity index (χ0) is 10.9. The molecule has 0 aliphatic rings. The van der Waals surface area contributed by atoms with Gasteiger partial charge in [0.25, 0.3) is 0 Å². The van der Waals surface area contributed by atoms with Crippen LogP contribution in [0.3, 0.4) is 0 Å². The van der Waals surface area contributed by atoms with Crippen molar-refractivity contribution in [3.8, 4) is 0 Å². The van der Waals surface area contributed by atoms with Gasteiger partial charge < -0.3 is 5.73 Å². The van der Waals surface area contributed by atoms with Gasteiger partial charge in [0.1, 0.15) is 0 Å². The molecule has 0 aliphatic carbocycles. The van der Waals surface area contributed by atoms with Gasteiger partial charge in [0.15, 0.2) is 0 Å². The van der Waals surface area contributed by atoms with Crippen LogP contribution in [0.5, 0.6) is 0 Å². The Kier molecular flexibility index (Phi) is 4.21. The summed E-state index contributed by atoms with van der Waals surface area (Å²) in [6.07, 6.45) is 0.910. The maximum atomic E-state index is 6.17. The van der Waals surface area contributed by atoms with E-state index in [1.807, 2.05) is 6.92 Å². The third-order valence-corrected chi connectivity index (χ3v) is 5.55. The summed E-state index contributed by atoms with van der Waals surface area (Å²) in [5.74, 6) is 0. The van der Waals surface area contributed by atoms with Crippen LogP contribution < -0.4 is 5.73 Å². The molecular formula is C10H12Br3N. The van der Waals surface area contributed by atoms with Crippen molar-refractivity contribution in [3.05, 3.63) is 31.1 Å². The van der Waals surface area contributed by atoms with Gasteiger partial charge in [0.2, 0.25) is 0 Å². The first kappa shape index (κ1) is 12.7. The number of hydrogen-bond donors (Lipinski definition) is 1. The van der Waals surface area contributed by atoms with Crippen LogP contribution in [0.15, 0.2) is 25.6 Å². The molecule has 4 heteroatoms. The fourth-order valence-corrected chi connectivity index (χ4v) is 2.50. The molecule has 1 atom stereocenters. The van der Waals surface area contributed by atoms with Crippen molar-refractivity contribution in [1.29, 1.82) is 0 Å². The first-order valence-electron chi connectivity index (χ1n) is 4.32. The van der Waals surface area contributed by atoms with Crippen LogP contribution in [0.1, 0.15) is 25.8 Å². The Labute approximate surface area is 110 Å². The highest BCUT2D eigenvalue weighted by atomic mass is 79.9. The van der Waals surface area contributed by atoms with E-state index in [0.29, 0.717) is 0 Å². The molecule has 1 rings (SSSR count). The van der Waals surface area contributed by atoms with E-state index in [1.165, 1.54) is 0 Å². The van der Waals surface area contributed by atoms with Gasteiger partial charge in [-0.2, -0.15) is 0 Å². The standard InChI is InChI=1S/C10H12Br3N/c1-3-10(2,14)6-4-7(11)9(13)8(12)5-6/h4-5H,3,14H2,1-2H3. The predicted molar refractivity (Wildman–Crippen MR) is 71.4 cm³/mol. The monoisotopic (exact) mass is 383 g/mol. The number of hydrogen-bond acceptors (Lipinski definition) is 1. The average Bonchev–Trinajstić information content (AvgIpc) is 2.13. The third kappa shape index (κ3) is 2.60. The summed E-state index contributed by atoms with van der Waals surface area (Å²) in [6, 6.07) is 4.11. The Morgan fingerprint density at radius 1 is 1.21 bits per heavy atom. The Bertz CT molecular complexity index is 324. The number of halogens is 3. The van der Waals surface area contributed by atoms with E-state index < -0.39 is 0 Å². The van der Waals surface area contributed by atoms with E-state index in [0.717, 1.165) is 25.4 Å². The van der Waals surface area contributed by atoms with E-state index in [-0.39, 0.29) is 5.54 Å². The summed E-state index contributed by atoms with van der Waals surface area (Å²) in [6.45, 7) is 4.12. The van der Waals surface area contributed by atoms with Gasteiger partial charge in [-0.15, -0.1) is 0 Å². The fraction of sp³-hybridized carbons (Fsp3) is 0.400. The van der Waals surface area contributed by atoms with E-state index in [1.54, 1.807) is 0 Å². The second-order valence-corrected chi connectivity index (χ2v) is 6.03.